The number of hydrazone groups is 1. The van der Waals surface area contributed by atoms with E-state index >= 15 is 0 Å². The molecule has 0 aromatic carbocycles. The van der Waals surface area contributed by atoms with Crippen molar-refractivity contribution in [3.63, 3.8) is 0 Å². The van der Waals surface area contributed by atoms with Gasteiger partial charge in [0.15, 0.2) is 0 Å². The molecule has 0 aliphatic carbocycles. The Kier molecular flexibility index (Phi) is 7.20. The molecule has 5 heterocycles. The van der Waals surface area contributed by atoms with E-state index in [1.807, 2.05) is 18.2 Å². The molecule has 11 nitrogen and oxygen atoms in total. The van der Waals surface area contributed by atoms with Crippen LogP contribution in [0.5, 0.6) is 0 Å². The smallest absolute Gasteiger partial charge is 0.341 e. The molecular weight excluding hydrogens is 502 g/mol. The lowest BCUT2D eigenvalue weighted by Crippen LogP contribution is -2.48. The zero-order valence-electron chi connectivity index (χ0n) is 21.5. The number of fused-ring (bicyclic) bond motifs is 1. The second kappa shape index (κ2) is 10.7. The number of urea groups is 1. The van der Waals surface area contributed by atoms with Gasteiger partial charge in [0.1, 0.15) is 11.1 Å². The molecule has 0 bridgehead atoms. The van der Waals surface area contributed by atoms with Crippen LogP contribution in [0.1, 0.15) is 44.7 Å². The molecule has 3 aromatic heterocycles. The number of likely N-dealkylation sites (tertiary alicyclic amines) is 1. The highest BCUT2D eigenvalue weighted by molar-refractivity contribution is 8.14. The third kappa shape index (κ3) is 5.28. The fourth-order valence-electron chi connectivity index (χ4n) is 4.64. The second-order valence-electron chi connectivity index (χ2n) is 9.65. The van der Waals surface area contributed by atoms with Crippen LogP contribution in [0.2, 0.25) is 0 Å². The normalized spacial score (nSPS) is 16.0. The summed E-state index contributed by atoms with van der Waals surface area (Å²) in [5.41, 5.74) is 4.54. The molecule has 2 aliphatic heterocycles. The highest BCUT2D eigenvalue weighted by atomic mass is 32.2. The van der Waals surface area contributed by atoms with Crippen LogP contribution in [0.15, 0.2) is 41.8 Å². The predicted octanol–water partition coefficient (Wildman–Crippen LogP) is 3.48. The van der Waals surface area contributed by atoms with Crippen molar-refractivity contribution < 1.29 is 9.59 Å². The van der Waals surface area contributed by atoms with Crippen LogP contribution in [0.4, 0.5) is 10.5 Å². The maximum atomic E-state index is 13.1. The van der Waals surface area contributed by atoms with Crippen LogP contribution in [0.3, 0.4) is 0 Å². The molecule has 38 heavy (non-hydrogen) atoms. The summed E-state index contributed by atoms with van der Waals surface area (Å²) in [4.78, 5) is 31.0. The van der Waals surface area contributed by atoms with Crippen LogP contribution in [-0.4, -0.2) is 72.5 Å². The maximum Gasteiger partial charge on any atom is 0.341 e. The molecule has 12 heteroatoms. The van der Waals surface area contributed by atoms with Crippen molar-refractivity contribution in [3.8, 4) is 17.5 Å². The van der Waals surface area contributed by atoms with E-state index in [9.17, 15) is 9.59 Å². The van der Waals surface area contributed by atoms with Gasteiger partial charge < -0.3 is 15.5 Å². The fourth-order valence-corrected chi connectivity index (χ4v) is 5.52. The summed E-state index contributed by atoms with van der Waals surface area (Å²) in [6.07, 6.45) is 4.79. The third-order valence-corrected chi connectivity index (χ3v) is 7.35. The van der Waals surface area contributed by atoms with Crippen LogP contribution < -0.4 is 10.6 Å². The minimum Gasteiger partial charge on any atom is -0.382 e. The lowest BCUT2D eigenvalue weighted by Gasteiger charge is -2.33. The first-order chi connectivity index (χ1) is 18.3. The van der Waals surface area contributed by atoms with Crippen molar-refractivity contribution in [2.45, 2.75) is 45.7 Å². The number of aromatic nitrogens is 3. The van der Waals surface area contributed by atoms with Gasteiger partial charge in [0, 0.05) is 44.0 Å². The predicted molar refractivity (Wildman–Crippen MR) is 147 cm³/mol. The summed E-state index contributed by atoms with van der Waals surface area (Å²) >= 11 is 1.50. The average Bonchev–Trinajstić information content (AvgIpc) is 3.55. The SMILES string of the molecule is CC(=O)NC1CCN(C(=O)N2CSC(c3cnc(-c4ccc5cc(C#N)cnn45)cc3NC(C)C)=N2)CC1. The molecule has 0 atom stereocenters. The first-order valence-electron chi connectivity index (χ1n) is 12.5. The number of amides is 3. The van der Waals surface area contributed by atoms with Gasteiger partial charge in [0.2, 0.25) is 5.91 Å². The number of nitrogens with zero attached hydrogens (tertiary/aromatic N) is 7. The van der Waals surface area contributed by atoms with Crippen LogP contribution in [0.25, 0.3) is 16.9 Å². The Hall–Kier alpha value is -4.11. The number of hydrogen-bond donors (Lipinski definition) is 2. The Morgan fingerprint density at radius 3 is 2.68 bits per heavy atom. The monoisotopic (exact) mass is 531 g/mol. The molecule has 196 valence electrons. The molecule has 1 saturated heterocycles. The molecule has 3 aromatic rings. The number of thioether (sulfide) groups is 1. The van der Waals surface area contributed by atoms with E-state index < -0.39 is 0 Å². The molecule has 2 aliphatic rings. The van der Waals surface area contributed by atoms with Gasteiger partial charge in [-0.25, -0.2) is 14.3 Å². The zero-order valence-corrected chi connectivity index (χ0v) is 22.3. The number of carbonyl (C=O) groups excluding carboxylic acids is 2. The molecule has 5 rings (SSSR count). The zero-order chi connectivity index (χ0) is 26.8. The van der Waals surface area contributed by atoms with E-state index in [0.717, 1.165) is 46.0 Å². The van der Waals surface area contributed by atoms with Crippen LogP contribution in [-0.2, 0) is 4.79 Å². The van der Waals surface area contributed by atoms with Gasteiger partial charge in [0.25, 0.3) is 0 Å². The van der Waals surface area contributed by atoms with Crippen molar-refractivity contribution >= 4 is 39.9 Å². The summed E-state index contributed by atoms with van der Waals surface area (Å²) in [5, 5.41) is 26.9. The third-order valence-electron chi connectivity index (χ3n) is 6.40. The molecule has 0 radical (unpaired) electrons. The van der Waals surface area contributed by atoms with Crippen LogP contribution in [0, 0.1) is 11.3 Å². The van der Waals surface area contributed by atoms with Gasteiger partial charge in [-0.2, -0.15) is 15.5 Å². The Labute approximate surface area is 224 Å². The standard InChI is InChI=1S/C26H29N9O2S/c1-16(2)30-22-11-23(24-5-4-20-10-18(12-27)13-29-35(20)24)28-14-21(22)25-32-34(15-38-25)26(37)33-8-6-19(7-9-33)31-17(3)36/h4-5,10-11,13-14,16,19H,6-9,15H2,1-3H3,(H,28,30)(H,31,36). The minimum atomic E-state index is -0.126. The topological polar surface area (TPSA) is 131 Å². The van der Waals surface area contributed by atoms with E-state index in [4.69, 9.17) is 10.2 Å². The van der Waals surface area contributed by atoms with Gasteiger partial charge in [-0.15, -0.1) is 0 Å². The Morgan fingerprint density at radius 1 is 1.18 bits per heavy atom. The Morgan fingerprint density at radius 2 is 1.97 bits per heavy atom. The number of pyridine rings is 1. The number of piperidine rings is 1. The molecule has 3 amide bonds. The Balaban J connectivity index is 1.37. The molecule has 0 saturated carbocycles. The van der Waals surface area contributed by atoms with E-state index in [2.05, 4.69) is 40.8 Å². The van der Waals surface area contributed by atoms with Gasteiger partial charge in [0.05, 0.1) is 40.1 Å². The van der Waals surface area contributed by atoms with Crippen molar-refractivity contribution in [3.05, 3.63) is 47.8 Å². The molecule has 2 N–H and O–H groups in total. The first kappa shape index (κ1) is 25.5. The van der Waals surface area contributed by atoms with Gasteiger partial charge in [-0.3, -0.25) is 9.78 Å². The molecule has 0 spiro atoms. The van der Waals surface area contributed by atoms with E-state index in [-0.39, 0.29) is 24.0 Å². The van der Waals surface area contributed by atoms with Crippen molar-refractivity contribution in [1.82, 2.24) is 29.8 Å². The van der Waals surface area contributed by atoms with Crippen molar-refractivity contribution in [1.29, 1.82) is 5.26 Å². The summed E-state index contributed by atoms with van der Waals surface area (Å²) < 4.78 is 1.76. The highest BCUT2D eigenvalue weighted by Crippen LogP contribution is 2.31. The number of rotatable bonds is 5. The largest absolute Gasteiger partial charge is 0.382 e. The summed E-state index contributed by atoms with van der Waals surface area (Å²) in [6, 6.07) is 9.87. The van der Waals surface area contributed by atoms with Crippen molar-refractivity contribution in [2.75, 3.05) is 24.3 Å². The maximum absolute atomic E-state index is 13.1. The Bertz CT molecular complexity index is 1450. The number of hydrogen-bond acceptors (Lipinski definition) is 8. The first-order valence-corrected chi connectivity index (χ1v) is 13.5. The molecule has 0 unspecified atom stereocenters. The lowest BCUT2D eigenvalue weighted by atomic mass is 10.1. The summed E-state index contributed by atoms with van der Waals surface area (Å²) in [6.45, 7) is 6.81. The van der Waals surface area contributed by atoms with Crippen molar-refractivity contribution in [2.24, 2.45) is 5.10 Å². The lowest BCUT2D eigenvalue weighted by molar-refractivity contribution is -0.119. The fraction of sp³-hybridized carbons (Fsp3) is 0.385. The number of carbonyl (C=O) groups is 2. The molecule has 1 fully saturated rings. The van der Waals surface area contributed by atoms with Gasteiger partial charge in [-0.1, -0.05) is 11.8 Å². The average molecular weight is 532 g/mol. The number of nitrogens with one attached hydrogen (secondary N) is 2. The number of anilines is 1. The van der Waals surface area contributed by atoms with Crippen LogP contribution >= 0.6 is 11.8 Å². The van der Waals surface area contributed by atoms with Gasteiger partial charge in [-0.05, 0) is 51.0 Å². The molecular formula is C26H29N9O2S. The minimum absolute atomic E-state index is 0.0417. The highest BCUT2D eigenvalue weighted by Gasteiger charge is 2.30. The van der Waals surface area contributed by atoms with E-state index in [0.29, 0.717) is 24.5 Å². The van der Waals surface area contributed by atoms with E-state index in [1.165, 1.54) is 29.9 Å². The number of nitriles is 1. The van der Waals surface area contributed by atoms with Gasteiger partial charge >= 0.3 is 6.03 Å². The second-order valence-corrected chi connectivity index (χ2v) is 10.6. The summed E-state index contributed by atoms with van der Waals surface area (Å²) in [5.74, 6) is 0.386. The van der Waals surface area contributed by atoms with E-state index in [1.54, 1.807) is 21.7 Å². The quantitative estimate of drug-likeness (QED) is 0.515. The summed E-state index contributed by atoms with van der Waals surface area (Å²) in [7, 11) is 0.